The predicted molar refractivity (Wildman–Crippen MR) is 107 cm³/mol. The van der Waals surface area contributed by atoms with E-state index in [4.69, 9.17) is 0 Å². The number of nitriles is 1. The average Bonchev–Trinajstić information content (AvgIpc) is 2.94. The number of rotatable bonds is 4. The number of nitrogens with zero attached hydrogens (tertiary/aromatic N) is 4. The van der Waals surface area contributed by atoms with Crippen LogP contribution in [0.3, 0.4) is 0 Å². The molecule has 3 rings (SSSR count). The number of hydrogen-bond acceptors (Lipinski definition) is 4. The lowest BCUT2D eigenvalue weighted by molar-refractivity contribution is 0.0965. The van der Waals surface area contributed by atoms with Crippen LogP contribution in [0.2, 0.25) is 0 Å². The van der Waals surface area contributed by atoms with Gasteiger partial charge in [-0.2, -0.15) is 10.4 Å². The van der Waals surface area contributed by atoms with Crippen LogP contribution in [0.1, 0.15) is 44.1 Å². The molecule has 0 saturated carbocycles. The topological polar surface area (TPSA) is 80.7 Å². The maximum absolute atomic E-state index is 13.0. The fraction of sp³-hybridized carbons (Fsp3) is 0.273. The van der Waals surface area contributed by atoms with Gasteiger partial charge in [-0.1, -0.05) is 12.1 Å². The number of carbonyl (C=O) groups is 1. The predicted octanol–water partition coefficient (Wildman–Crippen LogP) is 3.33. The lowest BCUT2D eigenvalue weighted by atomic mass is 10.1. The first-order chi connectivity index (χ1) is 13.2. The van der Waals surface area contributed by atoms with E-state index in [1.165, 1.54) is 0 Å². The molecule has 0 atom stereocenters. The first-order valence-corrected chi connectivity index (χ1v) is 9.02. The molecule has 0 aliphatic carbocycles. The van der Waals surface area contributed by atoms with E-state index in [0.29, 0.717) is 16.8 Å². The van der Waals surface area contributed by atoms with Gasteiger partial charge in [0, 0.05) is 22.6 Å². The van der Waals surface area contributed by atoms with Crippen LogP contribution in [0.15, 0.2) is 35.1 Å². The van der Waals surface area contributed by atoms with E-state index in [1.807, 2.05) is 55.7 Å². The summed E-state index contributed by atoms with van der Waals surface area (Å²) in [4.78, 5) is 25.4. The molecular weight excluding hydrogens is 352 g/mol. The standard InChI is InChI=1S/C22H22N4O2/c1-13-7-6-8-18(9-13)26-14(2)10-19(17(26)5)21(27)12-25-22(28)20(11-23)15(3)16(4)24-25/h6-10H,12H2,1-5H3. The molecule has 0 bridgehead atoms. The van der Waals surface area contributed by atoms with Gasteiger partial charge in [0.1, 0.15) is 18.2 Å². The van der Waals surface area contributed by atoms with Gasteiger partial charge in [-0.05, 0) is 63.9 Å². The Morgan fingerprint density at radius 2 is 1.86 bits per heavy atom. The van der Waals surface area contributed by atoms with Gasteiger partial charge in [-0.3, -0.25) is 9.59 Å². The maximum atomic E-state index is 13.0. The Kier molecular flexibility index (Phi) is 5.02. The number of ketones is 1. The second kappa shape index (κ2) is 7.28. The van der Waals surface area contributed by atoms with Gasteiger partial charge >= 0.3 is 0 Å². The number of benzene rings is 1. The van der Waals surface area contributed by atoms with E-state index in [-0.39, 0.29) is 17.9 Å². The van der Waals surface area contributed by atoms with Crippen molar-refractivity contribution in [1.29, 1.82) is 5.26 Å². The van der Waals surface area contributed by atoms with Crippen LogP contribution in [0.25, 0.3) is 5.69 Å². The Bertz CT molecular complexity index is 1190. The summed E-state index contributed by atoms with van der Waals surface area (Å²) < 4.78 is 3.11. The first kappa shape index (κ1) is 19.3. The van der Waals surface area contributed by atoms with Crippen molar-refractivity contribution < 1.29 is 4.79 Å². The third-order valence-electron chi connectivity index (χ3n) is 5.03. The van der Waals surface area contributed by atoms with Crippen molar-refractivity contribution >= 4 is 5.78 Å². The third-order valence-corrected chi connectivity index (χ3v) is 5.03. The summed E-state index contributed by atoms with van der Waals surface area (Å²) >= 11 is 0. The molecule has 3 aromatic rings. The normalized spacial score (nSPS) is 10.7. The largest absolute Gasteiger partial charge is 0.318 e. The van der Waals surface area contributed by atoms with Gasteiger partial charge in [-0.25, -0.2) is 4.68 Å². The van der Waals surface area contributed by atoms with Crippen molar-refractivity contribution in [2.45, 2.75) is 41.2 Å². The highest BCUT2D eigenvalue weighted by Crippen LogP contribution is 2.22. The number of aryl methyl sites for hydroxylation is 3. The van der Waals surface area contributed by atoms with Crippen molar-refractivity contribution in [3.63, 3.8) is 0 Å². The zero-order chi connectivity index (χ0) is 20.6. The summed E-state index contributed by atoms with van der Waals surface area (Å²) in [6.45, 7) is 9.06. The SMILES string of the molecule is Cc1cccc(-n2c(C)cc(C(=O)Cn3nc(C)c(C)c(C#N)c3=O)c2C)c1. The number of hydrogen-bond donors (Lipinski definition) is 0. The summed E-state index contributed by atoms with van der Waals surface area (Å²) in [5.41, 5.74) is 5.02. The summed E-state index contributed by atoms with van der Waals surface area (Å²) in [6, 6.07) is 11.8. The molecule has 0 fully saturated rings. The van der Waals surface area contributed by atoms with Crippen molar-refractivity contribution in [3.8, 4) is 11.8 Å². The van der Waals surface area contributed by atoms with E-state index in [9.17, 15) is 14.9 Å². The quantitative estimate of drug-likeness (QED) is 0.656. The summed E-state index contributed by atoms with van der Waals surface area (Å²) in [5.74, 6) is -0.214. The smallest absolute Gasteiger partial charge is 0.285 e. The van der Waals surface area contributed by atoms with Crippen molar-refractivity contribution in [2.24, 2.45) is 0 Å². The van der Waals surface area contributed by atoms with Crippen LogP contribution in [0.4, 0.5) is 0 Å². The number of carbonyl (C=O) groups excluding carboxylic acids is 1. The second-order valence-electron chi connectivity index (χ2n) is 7.04. The molecule has 6 nitrogen and oxygen atoms in total. The third kappa shape index (κ3) is 3.27. The Morgan fingerprint density at radius 3 is 2.50 bits per heavy atom. The zero-order valence-electron chi connectivity index (χ0n) is 16.7. The summed E-state index contributed by atoms with van der Waals surface area (Å²) in [5, 5.41) is 13.5. The van der Waals surface area contributed by atoms with E-state index in [0.717, 1.165) is 27.3 Å². The van der Waals surface area contributed by atoms with E-state index >= 15 is 0 Å². The number of aromatic nitrogens is 3. The lowest BCUT2D eigenvalue weighted by Gasteiger charge is -2.11. The highest BCUT2D eigenvalue weighted by Gasteiger charge is 2.19. The molecule has 2 heterocycles. The van der Waals surface area contributed by atoms with E-state index < -0.39 is 5.56 Å². The van der Waals surface area contributed by atoms with Gasteiger partial charge in [0.15, 0.2) is 5.78 Å². The second-order valence-corrected chi connectivity index (χ2v) is 7.04. The molecule has 2 aromatic heterocycles. The molecule has 0 unspecified atom stereocenters. The van der Waals surface area contributed by atoms with Gasteiger partial charge in [0.05, 0.1) is 5.69 Å². The van der Waals surface area contributed by atoms with Crippen LogP contribution < -0.4 is 5.56 Å². The molecule has 1 aromatic carbocycles. The van der Waals surface area contributed by atoms with E-state index in [1.54, 1.807) is 13.8 Å². The molecule has 0 N–H and O–H groups in total. The maximum Gasteiger partial charge on any atom is 0.285 e. The lowest BCUT2D eigenvalue weighted by Crippen LogP contribution is -2.30. The fourth-order valence-electron chi connectivity index (χ4n) is 3.44. The molecule has 0 aliphatic heterocycles. The van der Waals surface area contributed by atoms with Gasteiger partial charge in [0.2, 0.25) is 0 Å². The molecule has 6 heteroatoms. The molecule has 28 heavy (non-hydrogen) atoms. The van der Waals surface area contributed by atoms with E-state index in [2.05, 4.69) is 11.2 Å². The number of Topliss-reactive ketones (excluding diaryl/α,β-unsaturated/α-hetero) is 1. The Hall–Kier alpha value is -3.46. The highest BCUT2D eigenvalue weighted by atomic mass is 16.1. The Labute approximate surface area is 163 Å². The molecule has 0 aliphatic rings. The highest BCUT2D eigenvalue weighted by molar-refractivity contribution is 5.97. The van der Waals surface area contributed by atoms with Crippen molar-refractivity contribution in [2.75, 3.05) is 0 Å². The van der Waals surface area contributed by atoms with Crippen molar-refractivity contribution in [1.82, 2.24) is 14.3 Å². The monoisotopic (exact) mass is 374 g/mol. The average molecular weight is 374 g/mol. The molecule has 0 amide bonds. The van der Waals surface area contributed by atoms with Gasteiger partial charge in [0.25, 0.3) is 5.56 Å². The molecule has 0 spiro atoms. The van der Waals surface area contributed by atoms with Crippen LogP contribution in [-0.4, -0.2) is 20.1 Å². The van der Waals surface area contributed by atoms with Crippen molar-refractivity contribution in [3.05, 3.63) is 80.0 Å². The zero-order valence-corrected chi connectivity index (χ0v) is 16.7. The van der Waals surface area contributed by atoms with Crippen LogP contribution in [0, 0.1) is 45.9 Å². The Balaban J connectivity index is 2.02. The molecule has 0 radical (unpaired) electrons. The summed E-state index contributed by atoms with van der Waals surface area (Å²) in [7, 11) is 0. The van der Waals surface area contributed by atoms with Gasteiger partial charge in [-0.15, -0.1) is 0 Å². The minimum absolute atomic E-state index is 0.0329. The first-order valence-electron chi connectivity index (χ1n) is 9.02. The molecular formula is C22H22N4O2. The minimum Gasteiger partial charge on any atom is -0.318 e. The van der Waals surface area contributed by atoms with Crippen LogP contribution >= 0.6 is 0 Å². The fourth-order valence-corrected chi connectivity index (χ4v) is 3.44. The Morgan fingerprint density at radius 1 is 1.14 bits per heavy atom. The minimum atomic E-state index is -0.536. The summed E-state index contributed by atoms with van der Waals surface area (Å²) in [6.07, 6.45) is 0. The van der Waals surface area contributed by atoms with Crippen LogP contribution in [0.5, 0.6) is 0 Å². The van der Waals surface area contributed by atoms with Gasteiger partial charge < -0.3 is 4.57 Å². The molecule has 0 saturated heterocycles. The molecule has 142 valence electrons. The van der Waals surface area contributed by atoms with Crippen LogP contribution in [-0.2, 0) is 6.54 Å².